The maximum absolute atomic E-state index is 5.31. The summed E-state index contributed by atoms with van der Waals surface area (Å²) in [4.78, 5) is 4.64. The van der Waals surface area contributed by atoms with Crippen LogP contribution in [0.25, 0.3) is 0 Å². The molecule has 0 aliphatic rings. The molecule has 0 heterocycles. The van der Waals surface area contributed by atoms with Crippen LogP contribution in [0, 0.1) is 0 Å². The van der Waals surface area contributed by atoms with E-state index in [1.54, 1.807) is 21.3 Å². The molecule has 2 aromatic carbocycles. The summed E-state index contributed by atoms with van der Waals surface area (Å²) in [6, 6.07) is 13.7. The standard InChI is InChI=1S/C18H21NO3/c1-13(15-6-5-7-16(11-15)20-2)19-12-14-8-9-17(21-3)18(10-14)22-4/h5-11H,12H2,1-4H3. The molecule has 116 valence electrons. The van der Waals surface area contributed by atoms with Gasteiger partial charge in [-0.15, -0.1) is 0 Å². The minimum Gasteiger partial charge on any atom is -0.497 e. The van der Waals surface area contributed by atoms with Gasteiger partial charge in [-0.2, -0.15) is 0 Å². The molecule has 0 aliphatic carbocycles. The van der Waals surface area contributed by atoms with E-state index in [2.05, 4.69) is 4.99 Å². The molecule has 0 amide bonds. The van der Waals surface area contributed by atoms with Crippen molar-refractivity contribution in [1.29, 1.82) is 0 Å². The summed E-state index contributed by atoms with van der Waals surface area (Å²) in [5, 5.41) is 0. The summed E-state index contributed by atoms with van der Waals surface area (Å²) in [6.07, 6.45) is 0. The fourth-order valence-corrected chi connectivity index (χ4v) is 2.13. The topological polar surface area (TPSA) is 40.0 Å². The lowest BCUT2D eigenvalue weighted by Crippen LogP contribution is -1.97. The Hall–Kier alpha value is -2.49. The summed E-state index contributed by atoms with van der Waals surface area (Å²) in [7, 11) is 4.92. The highest BCUT2D eigenvalue weighted by Crippen LogP contribution is 2.27. The van der Waals surface area contributed by atoms with Crippen molar-refractivity contribution >= 4 is 5.71 Å². The lowest BCUT2D eigenvalue weighted by molar-refractivity contribution is 0.354. The van der Waals surface area contributed by atoms with Gasteiger partial charge in [0, 0.05) is 5.71 Å². The zero-order valence-corrected chi connectivity index (χ0v) is 13.4. The first-order chi connectivity index (χ1) is 10.7. The molecule has 0 atom stereocenters. The molecule has 0 saturated carbocycles. The van der Waals surface area contributed by atoms with E-state index in [0.717, 1.165) is 28.3 Å². The van der Waals surface area contributed by atoms with Crippen LogP contribution in [0.1, 0.15) is 18.1 Å². The van der Waals surface area contributed by atoms with E-state index >= 15 is 0 Å². The molecular formula is C18H21NO3. The Morgan fingerprint density at radius 2 is 1.68 bits per heavy atom. The highest BCUT2D eigenvalue weighted by Gasteiger charge is 2.05. The molecule has 22 heavy (non-hydrogen) atoms. The van der Waals surface area contributed by atoms with Crippen LogP contribution in [0.15, 0.2) is 47.5 Å². The summed E-state index contributed by atoms with van der Waals surface area (Å²) in [5.41, 5.74) is 3.09. The van der Waals surface area contributed by atoms with Gasteiger partial charge in [0.1, 0.15) is 5.75 Å². The van der Waals surface area contributed by atoms with Gasteiger partial charge in [-0.3, -0.25) is 4.99 Å². The fourth-order valence-electron chi connectivity index (χ4n) is 2.13. The summed E-state index contributed by atoms with van der Waals surface area (Å²) in [5.74, 6) is 2.27. The van der Waals surface area contributed by atoms with Crippen LogP contribution < -0.4 is 14.2 Å². The van der Waals surface area contributed by atoms with Crippen molar-refractivity contribution < 1.29 is 14.2 Å². The molecule has 4 nitrogen and oxygen atoms in total. The van der Waals surface area contributed by atoms with E-state index in [-0.39, 0.29) is 0 Å². The van der Waals surface area contributed by atoms with Crippen molar-refractivity contribution in [2.75, 3.05) is 21.3 Å². The average Bonchev–Trinajstić information content (AvgIpc) is 2.59. The van der Waals surface area contributed by atoms with Crippen LogP contribution in [-0.4, -0.2) is 27.0 Å². The second-order valence-electron chi connectivity index (χ2n) is 4.82. The van der Waals surface area contributed by atoms with Crippen molar-refractivity contribution in [2.24, 2.45) is 4.99 Å². The lowest BCUT2D eigenvalue weighted by atomic mass is 10.1. The third-order valence-corrected chi connectivity index (χ3v) is 3.43. The second-order valence-corrected chi connectivity index (χ2v) is 4.82. The Morgan fingerprint density at radius 3 is 2.36 bits per heavy atom. The molecule has 0 N–H and O–H groups in total. The smallest absolute Gasteiger partial charge is 0.161 e. The fraction of sp³-hybridized carbons (Fsp3) is 0.278. The van der Waals surface area contributed by atoms with Gasteiger partial charge >= 0.3 is 0 Å². The van der Waals surface area contributed by atoms with E-state index in [4.69, 9.17) is 14.2 Å². The number of hydrogen-bond donors (Lipinski definition) is 0. The van der Waals surface area contributed by atoms with Crippen molar-refractivity contribution in [3.05, 3.63) is 53.6 Å². The zero-order valence-electron chi connectivity index (χ0n) is 13.4. The number of nitrogens with zero attached hydrogens (tertiary/aromatic N) is 1. The van der Waals surface area contributed by atoms with Crippen LogP contribution in [0.2, 0.25) is 0 Å². The normalized spacial score (nSPS) is 11.2. The number of aliphatic imine (C=N–C) groups is 1. The third kappa shape index (κ3) is 3.79. The molecule has 0 bridgehead atoms. The highest BCUT2D eigenvalue weighted by molar-refractivity contribution is 5.99. The summed E-state index contributed by atoms with van der Waals surface area (Å²) < 4.78 is 15.8. The number of rotatable bonds is 6. The van der Waals surface area contributed by atoms with Crippen molar-refractivity contribution in [3.8, 4) is 17.2 Å². The number of benzene rings is 2. The molecule has 2 aromatic rings. The van der Waals surface area contributed by atoms with Gasteiger partial charge in [-0.05, 0) is 42.3 Å². The Morgan fingerprint density at radius 1 is 0.909 bits per heavy atom. The van der Waals surface area contributed by atoms with Crippen LogP contribution in [0.3, 0.4) is 0 Å². The maximum Gasteiger partial charge on any atom is 0.161 e. The first kappa shape index (κ1) is 15.9. The van der Waals surface area contributed by atoms with Crippen LogP contribution >= 0.6 is 0 Å². The SMILES string of the molecule is COc1cccc(C(C)=NCc2ccc(OC)c(OC)c2)c1. The predicted octanol–water partition coefficient (Wildman–Crippen LogP) is 3.72. The molecule has 4 heteroatoms. The first-order valence-corrected chi connectivity index (χ1v) is 7.04. The third-order valence-electron chi connectivity index (χ3n) is 3.43. The molecule has 0 aromatic heterocycles. The van der Waals surface area contributed by atoms with Crippen molar-refractivity contribution in [1.82, 2.24) is 0 Å². The molecule has 0 aliphatic heterocycles. The molecular weight excluding hydrogens is 278 g/mol. The van der Waals surface area contributed by atoms with E-state index in [1.807, 2.05) is 49.4 Å². The van der Waals surface area contributed by atoms with Crippen molar-refractivity contribution in [3.63, 3.8) is 0 Å². The van der Waals surface area contributed by atoms with Crippen LogP contribution in [0.4, 0.5) is 0 Å². The quantitative estimate of drug-likeness (QED) is 0.763. The van der Waals surface area contributed by atoms with Gasteiger partial charge in [0.2, 0.25) is 0 Å². The molecule has 2 rings (SSSR count). The average molecular weight is 299 g/mol. The Bertz CT molecular complexity index is 665. The number of methoxy groups -OCH3 is 3. The Labute approximate surface area is 131 Å². The Balaban J connectivity index is 2.16. The van der Waals surface area contributed by atoms with Gasteiger partial charge in [0.15, 0.2) is 11.5 Å². The minimum absolute atomic E-state index is 0.587. The molecule has 0 unspecified atom stereocenters. The molecule has 0 spiro atoms. The van der Waals surface area contributed by atoms with Gasteiger partial charge in [0.05, 0.1) is 27.9 Å². The van der Waals surface area contributed by atoms with Crippen LogP contribution in [0.5, 0.6) is 17.2 Å². The van der Waals surface area contributed by atoms with E-state index in [0.29, 0.717) is 12.3 Å². The van der Waals surface area contributed by atoms with Gasteiger partial charge < -0.3 is 14.2 Å². The highest BCUT2D eigenvalue weighted by atomic mass is 16.5. The van der Waals surface area contributed by atoms with Crippen LogP contribution in [-0.2, 0) is 6.54 Å². The number of hydrogen-bond acceptors (Lipinski definition) is 4. The van der Waals surface area contributed by atoms with E-state index in [1.165, 1.54) is 0 Å². The maximum atomic E-state index is 5.31. The number of ether oxygens (including phenoxy) is 3. The predicted molar refractivity (Wildman–Crippen MR) is 88.5 cm³/mol. The molecule has 0 saturated heterocycles. The summed E-state index contributed by atoms with van der Waals surface area (Å²) >= 11 is 0. The largest absolute Gasteiger partial charge is 0.497 e. The zero-order chi connectivity index (χ0) is 15.9. The summed E-state index contributed by atoms with van der Waals surface area (Å²) in [6.45, 7) is 2.58. The molecule has 0 fully saturated rings. The van der Waals surface area contributed by atoms with Crippen molar-refractivity contribution in [2.45, 2.75) is 13.5 Å². The first-order valence-electron chi connectivity index (χ1n) is 7.04. The van der Waals surface area contributed by atoms with E-state index < -0.39 is 0 Å². The minimum atomic E-state index is 0.587. The second kappa shape index (κ2) is 7.50. The lowest BCUT2D eigenvalue weighted by Gasteiger charge is -2.09. The van der Waals surface area contributed by atoms with Gasteiger partial charge in [-0.1, -0.05) is 18.2 Å². The van der Waals surface area contributed by atoms with Gasteiger partial charge in [0.25, 0.3) is 0 Å². The Kier molecular flexibility index (Phi) is 5.42. The van der Waals surface area contributed by atoms with E-state index in [9.17, 15) is 0 Å². The monoisotopic (exact) mass is 299 g/mol. The molecule has 0 radical (unpaired) electrons. The van der Waals surface area contributed by atoms with Gasteiger partial charge in [-0.25, -0.2) is 0 Å².